The van der Waals surface area contributed by atoms with Gasteiger partial charge in [-0.05, 0) is 30.7 Å². The van der Waals surface area contributed by atoms with Crippen molar-refractivity contribution in [2.45, 2.75) is 13.5 Å². The standard InChI is InChI=1S/C16H17ClN2O2/c1-11-8-15(17)14(9-18-11)16(20)19(2)10-12-4-6-13(21-3)7-5-12/h4-9H,10H2,1-3H3. The average molecular weight is 305 g/mol. The van der Waals surface area contributed by atoms with Crippen LogP contribution in [0.2, 0.25) is 5.02 Å². The lowest BCUT2D eigenvalue weighted by Crippen LogP contribution is -2.26. The summed E-state index contributed by atoms with van der Waals surface area (Å²) in [5.41, 5.74) is 2.22. The molecule has 1 amide bonds. The van der Waals surface area contributed by atoms with E-state index in [2.05, 4.69) is 4.98 Å². The van der Waals surface area contributed by atoms with Crippen molar-refractivity contribution >= 4 is 17.5 Å². The molecule has 0 spiro atoms. The van der Waals surface area contributed by atoms with Gasteiger partial charge in [-0.25, -0.2) is 0 Å². The maximum atomic E-state index is 12.4. The maximum Gasteiger partial charge on any atom is 0.256 e. The number of rotatable bonds is 4. The van der Waals surface area contributed by atoms with Gasteiger partial charge in [0.25, 0.3) is 5.91 Å². The summed E-state index contributed by atoms with van der Waals surface area (Å²) >= 11 is 6.11. The number of hydrogen-bond acceptors (Lipinski definition) is 3. The van der Waals surface area contributed by atoms with E-state index in [0.717, 1.165) is 17.0 Å². The van der Waals surface area contributed by atoms with Crippen molar-refractivity contribution in [3.63, 3.8) is 0 Å². The van der Waals surface area contributed by atoms with Crippen LogP contribution in [0.4, 0.5) is 0 Å². The summed E-state index contributed by atoms with van der Waals surface area (Å²) in [5, 5.41) is 0.425. The minimum Gasteiger partial charge on any atom is -0.497 e. The predicted molar refractivity (Wildman–Crippen MR) is 82.8 cm³/mol. The molecule has 2 rings (SSSR count). The van der Waals surface area contributed by atoms with Gasteiger partial charge in [0.2, 0.25) is 0 Å². The number of ether oxygens (including phenoxy) is 1. The normalized spacial score (nSPS) is 10.3. The second-order valence-electron chi connectivity index (χ2n) is 4.81. The van der Waals surface area contributed by atoms with Gasteiger partial charge < -0.3 is 9.64 Å². The largest absolute Gasteiger partial charge is 0.497 e. The van der Waals surface area contributed by atoms with E-state index in [9.17, 15) is 4.79 Å². The van der Waals surface area contributed by atoms with Gasteiger partial charge in [-0.1, -0.05) is 23.7 Å². The number of aromatic nitrogens is 1. The van der Waals surface area contributed by atoms with Crippen LogP contribution in [-0.4, -0.2) is 29.9 Å². The van der Waals surface area contributed by atoms with E-state index < -0.39 is 0 Å². The minimum atomic E-state index is -0.150. The third kappa shape index (κ3) is 3.73. The number of nitrogens with zero attached hydrogens (tertiary/aromatic N) is 2. The summed E-state index contributed by atoms with van der Waals surface area (Å²) in [7, 11) is 3.36. The van der Waals surface area contributed by atoms with Gasteiger partial charge in [0.1, 0.15) is 5.75 Å². The Balaban J connectivity index is 2.11. The molecular weight excluding hydrogens is 288 g/mol. The molecule has 0 saturated heterocycles. The molecule has 1 aromatic carbocycles. The van der Waals surface area contributed by atoms with Crippen LogP contribution < -0.4 is 4.74 Å². The summed E-state index contributed by atoms with van der Waals surface area (Å²) in [4.78, 5) is 18.1. The Kier molecular flexibility index (Phi) is 4.81. The molecule has 0 radical (unpaired) electrons. The summed E-state index contributed by atoms with van der Waals surface area (Å²) in [6.45, 7) is 2.33. The zero-order valence-corrected chi connectivity index (χ0v) is 13.0. The molecular formula is C16H17ClN2O2. The molecule has 0 aliphatic heterocycles. The molecule has 1 heterocycles. The number of benzene rings is 1. The van der Waals surface area contributed by atoms with Crippen LogP contribution >= 0.6 is 11.6 Å². The summed E-state index contributed by atoms with van der Waals surface area (Å²) in [6, 6.07) is 9.29. The van der Waals surface area contributed by atoms with Gasteiger partial charge in [0, 0.05) is 25.5 Å². The van der Waals surface area contributed by atoms with Gasteiger partial charge in [-0.15, -0.1) is 0 Å². The van der Waals surface area contributed by atoms with Crippen molar-refractivity contribution in [2.75, 3.05) is 14.2 Å². The molecule has 0 N–H and O–H groups in total. The Morgan fingerprint density at radius 2 is 2.00 bits per heavy atom. The van der Waals surface area contributed by atoms with Crippen LogP contribution in [-0.2, 0) is 6.54 Å². The third-order valence-electron chi connectivity index (χ3n) is 3.15. The van der Waals surface area contributed by atoms with Crippen molar-refractivity contribution in [3.8, 4) is 5.75 Å². The number of halogens is 1. The monoisotopic (exact) mass is 304 g/mol. The van der Waals surface area contributed by atoms with E-state index in [1.807, 2.05) is 31.2 Å². The molecule has 0 unspecified atom stereocenters. The fourth-order valence-electron chi connectivity index (χ4n) is 1.97. The molecule has 2 aromatic rings. The summed E-state index contributed by atoms with van der Waals surface area (Å²) < 4.78 is 5.11. The van der Waals surface area contributed by atoms with E-state index in [1.54, 1.807) is 25.1 Å². The smallest absolute Gasteiger partial charge is 0.256 e. The van der Waals surface area contributed by atoms with Crippen LogP contribution in [0.15, 0.2) is 36.5 Å². The molecule has 5 heteroatoms. The van der Waals surface area contributed by atoms with Crippen LogP contribution in [0.1, 0.15) is 21.6 Å². The minimum absolute atomic E-state index is 0.150. The highest BCUT2D eigenvalue weighted by Gasteiger charge is 2.16. The highest BCUT2D eigenvalue weighted by molar-refractivity contribution is 6.33. The first-order valence-electron chi connectivity index (χ1n) is 6.52. The van der Waals surface area contributed by atoms with Crippen LogP contribution in [0.25, 0.3) is 0 Å². The van der Waals surface area contributed by atoms with Crippen molar-refractivity contribution in [3.05, 3.63) is 58.4 Å². The lowest BCUT2D eigenvalue weighted by Gasteiger charge is -2.18. The third-order valence-corrected chi connectivity index (χ3v) is 3.46. The fraction of sp³-hybridized carbons (Fsp3) is 0.250. The molecule has 110 valence electrons. The molecule has 0 saturated carbocycles. The zero-order valence-electron chi connectivity index (χ0n) is 12.3. The Bertz CT molecular complexity index is 641. The molecule has 0 atom stereocenters. The lowest BCUT2D eigenvalue weighted by atomic mass is 10.2. The van der Waals surface area contributed by atoms with Crippen molar-refractivity contribution in [2.24, 2.45) is 0 Å². The number of aryl methyl sites for hydroxylation is 1. The van der Waals surface area contributed by atoms with Gasteiger partial charge in [-0.2, -0.15) is 0 Å². The first-order chi connectivity index (χ1) is 10.0. The number of carbonyl (C=O) groups is 1. The molecule has 0 aliphatic carbocycles. The Labute approximate surface area is 129 Å². The van der Waals surface area contributed by atoms with Crippen molar-refractivity contribution < 1.29 is 9.53 Å². The van der Waals surface area contributed by atoms with Gasteiger partial charge in [-0.3, -0.25) is 9.78 Å². The average Bonchev–Trinajstić information content (AvgIpc) is 2.47. The molecule has 0 aliphatic rings. The first kappa shape index (κ1) is 15.3. The van der Waals surface area contributed by atoms with E-state index in [1.165, 1.54) is 6.20 Å². The van der Waals surface area contributed by atoms with Crippen molar-refractivity contribution in [1.82, 2.24) is 9.88 Å². The first-order valence-corrected chi connectivity index (χ1v) is 6.89. The number of amides is 1. The zero-order chi connectivity index (χ0) is 15.4. The van der Waals surface area contributed by atoms with Crippen LogP contribution in [0.5, 0.6) is 5.75 Å². The van der Waals surface area contributed by atoms with Crippen LogP contribution in [0.3, 0.4) is 0 Å². The molecule has 4 nitrogen and oxygen atoms in total. The van der Waals surface area contributed by atoms with Gasteiger partial charge in [0.15, 0.2) is 0 Å². The highest BCUT2D eigenvalue weighted by Crippen LogP contribution is 2.19. The molecule has 0 bridgehead atoms. The SMILES string of the molecule is COc1ccc(CN(C)C(=O)c2cnc(C)cc2Cl)cc1. The van der Waals surface area contributed by atoms with Gasteiger partial charge in [0.05, 0.1) is 17.7 Å². The van der Waals surface area contributed by atoms with E-state index in [0.29, 0.717) is 17.1 Å². The topological polar surface area (TPSA) is 42.4 Å². The second-order valence-corrected chi connectivity index (χ2v) is 5.22. The maximum absolute atomic E-state index is 12.4. The van der Waals surface area contributed by atoms with Gasteiger partial charge >= 0.3 is 0 Å². The lowest BCUT2D eigenvalue weighted by molar-refractivity contribution is 0.0785. The number of pyridine rings is 1. The van der Waals surface area contributed by atoms with Crippen molar-refractivity contribution in [1.29, 1.82) is 0 Å². The second kappa shape index (κ2) is 6.59. The Morgan fingerprint density at radius 1 is 1.33 bits per heavy atom. The number of methoxy groups -OCH3 is 1. The number of carbonyl (C=O) groups excluding carboxylic acids is 1. The predicted octanol–water partition coefficient (Wildman–Crippen LogP) is 3.32. The quantitative estimate of drug-likeness (QED) is 0.870. The van der Waals surface area contributed by atoms with E-state index >= 15 is 0 Å². The highest BCUT2D eigenvalue weighted by atomic mass is 35.5. The Hall–Kier alpha value is -2.07. The van der Waals surface area contributed by atoms with E-state index in [-0.39, 0.29) is 5.91 Å². The Morgan fingerprint density at radius 3 is 2.57 bits per heavy atom. The summed E-state index contributed by atoms with van der Waals surface area (Å²) in [5.74, 6) is 0.641. The van der Waals surface area contributed by atoms with Crippen LogP contribution in [0, 0.1) is 6.92 Å². The van der Waals surface area contributed by atoms with E-state index in [4.69, 9.17) is 16.3 Å². The molecule has 1 aromatic heterocycles. The number of hydrogen-bond donors (Lipinski definition) is 0. The molecule has 21 heavy (non-hydrogen) atoms. The molecule has 0 fully saturated rings. The fourth-order valence-corrected chi connectivity index (χ4v) is 2.25. The summed E-state index contributed by atoms with van der Waals surface area (Å²) in [6.07, 6.45) is 1.52.